The maximum Gasteiger partial charge on any atom is 0.113 e. The van der Waals surface area contributed by atoms with Crippen molar-refractivity contribution < 1.29 is 0 Å². The van der Waals surface area contributed by atoms with E-state index in [2.05, 4.69) is 39.7 Å². The first-order valence-electron chi connectivity index (χ1n) is 6.20. The number of nitrogens with one attached hydrogen (secondary N) is 1. The Morgan fingerprint density at radius 1 is 1.25 bits per heavy atom. The van der Waals surface area contributed by atoms with Crippen molar-refractivity contribution in [3.05, 3.63) is 63.8 Å². The first kappa shape index (κ1) is 13.1. The fraction of sp³-hybridized carbons (Fsp3) is 0.143. The molecule has 2 aromatic heterocycles. The summed E-state index contributed by atoms with van der Waals surface area (Å²) >= 11 is 7.34. The minimum absolute atomic E-state index is 0.690. The topological polar surface area (TPSA) is 42.7 Å². The van der Waals surface area contributed by atoms with Gasteiger partial charge in [-0.1, -0.05) is 23.7 Å². The van der Waals surface area contributed by atoms with Crippen molar-refractivity contribution in [1.82, 2.24) is 14.8 Å². The smallest absolute Gasteiger partial charge is 0.113 e. The third-order valence-electron chi connectivity index (χ3n) is 2.83. The van der Waals surface area contributed by atoms with Crippen LogP contribution >= 0.6 is 22.9 Å². The molecule has 0 bridgehead atoms. The van der Waals surface area contributed by atoms with E-state index in [1.165, 1.54) is 16.9 Å². The van der Waals surface area contributed by atoms with Gasteiger partial charge in [-0.25, -0.2) is 4.98 Å². The van der Waals surface area contributed by atoms with Crippen molar-refractivity contribution in [2.24, 2.45) is 0 Å². The fourth-order valence-electron chi connectivity index (χ4n) is 1.86. The van der Waals surface area contributed by atoms with Gasteiger partial charge in [0.1, 0.15) is 9.34 Å². The second-order valence-electron chi connectivity index (χ2n) is 4.31. The lowest BCUT2D eigenvalue weighted by atomic mass is 10.2. The van der Waals surface area contributed by atoms with Gasteiger partial charge < -0.3 is 5.32 Å². The molecule has 0 amide bonds. The molecule has 3 rings (SSSR count). The van der Waals surface area contributed by atoms with Gasteiger partial charge in [0, 0.05) is 18.1 Å². The van der Waals surface area contributed by atoms with E-state index < -0.39 is 0 Å². The lowest BCUT2D eigenvalue weighted by Gasteiger charge is -2.06. The molecular formula is C14H13ClN4S. The Bertz CT molecular complexity index is 661. The Balaban J connectivity index is 1.58. The number of aromatic nitrogens is 3. The zero-order valence-corrected chi connectivity index (χ0v) is 12.2. The summed E-state index contributed by atoms with van der Waals surface area (Å²) < 4.78 is 2.62. The first-order chi connectivity index (χ1) is 9.79. The van der Waals surface area contributed by atoms with Crippen molar-refractivity contribution in [2.75, 3.05) is 5.32 Å². The zero-order valence-electron chi connectivity index (χ0n) is 10.7. The van der Waals surface area contributed by atoms with Crippen LogP contribution in [0.4, 0.5) is 5.69 Å². The number of halogens is 1. The molecule has 1 aromatic carbocycles. The molecule has 2 heterocycles. The number of hydrogen-bond acceptors (Lipinski definition) is 4. The molecule has 0 aliphatic carbocycles. The summed E-state index contributed by atoms with van der Waals surface area (Å²) in [6.07, 6.45) is 5.42. The van der Waals surface area contributed by atoms with Crippen LogP contribution in [0, 0.1) is 0 Å². The Labute approximate surface area is 126 Å². The van der Waals surface area contributed by atoms with Crippen LogP contribution in [0.2, 0.25) is 4.34 Å². The summed E-state index contributed by atoms with van der Waals surface area (Å²) in [5.74, 6) is 0. The van der Waals surface area contributed by atoms with Gasteiger partial charge >= 0.3 is 0 Å². The molecule has 4 nitrogen and oxygen atoms in total. The maximum absolute atomic E-state index is 5.85. The van der Waals surface area contributed by atoms with Gasteiger partial charge in [0.15, 0.2) is 0 Å². The molecule has 1 N–H and O–H groups in total. The van der Waals surface area contributed by atoms with E-state index in [9.17, 15) is 0 Å². The minimum atomic E-state index is 0.690. The van der Waals surface area contributed by atoms with E-state index in [0.29, 0.717) is 6.54 Å². The number of hydrogen-bond donors (Lipinski definition) is 1. The maximum atomic E-state index is 5.85. The standard InChI is InChI=1S/C14H13ClN4S/c15-13-8-17-14(20-13)9-16-12-4-2-11(3-5-12)10-19-7-1-6-18-19/h1-8,16H,9-10H2. The molecule has 0 fully saturated rings. The molecule has 0 aliphatic rings. The summed E-state index contributed by atoms with van der Waals surface area (Å²) in [6.45, 7) is 1.48. The van der Waals surface area contributed by atoms with Crippen molar-refractivity contribution in [1.29, 1.82) is 0 Å². The average Bonchev–Trinajstić information content (AvgIpc) is 3.10. The highest BCUT2D eigenvalue weighted by atomic mass is 35.5. The van der Waals surface area contributed by atoms with E-state index in [0.717, 1.165) is 21.6 Å². The highest BCUT2D eigenvalue weighted by Gasteiger charge is 2.00. The molecule has 20 heavy (non-hydrogen) atoms. The predicted octanol–water partition coefficient (Wildman–Crippen LogP) is 3.65. The summed E-state index contributed by atoms with van der Waals surface area (Å²) in [6, 6.07) is 10.2. The number of benzene rings is 1. The van der Waals surface area contributed by atoms with Gasteiger partial charge in [-0.2, -0.15) is 5.10 Å². The van der Waals surface area contributed by atoms with Gasteiger partial charge in [-0.3, -0.25) is 4.68 Å². The summed E-state index contributed by atoms with van der Waals surface area (Å²) in [5, 5.41) is 8.50. The molecule has 0 saturated heterocycles. The van der Waals surface area contributed by atoms with Crippen molar-refractivity contribution in [3.63, 3.8) is 0 Å². The SMILES string of the molecule is Clc1cnc(CNc2ccc(Cn3cccn3)cc2)s1. The molecule has 0 aliphatic heterocycles. The number of nitrogens with zero attached hydrogens (tertiary/aromatic N) is 3. The van der Waals surface area contributed by atoms with E-state index in [1.807, 2.05) is 16.9 Å². The molecule has 0 atom stereocenters. The minimum Gasteiger partial charge on any atom is -0.379 e. The lowest BCUT2D eigenvalue weighted by molar-refractivity contribution is 0.687. The monoisotopic (exact) mass is 304 g/mol. The Morgan fingerprint density at radius 3 is 2.75 bits per heavy atom. The van der Waals surface area contributed by atoms with Gasteiger partial charge in [0.2, 0.25) is 0 Å². The van der Waals surface area contributed by atoms with Crippen LogP contribution in [0.5, 0.6) is 0 Å². The van der Waals surface area contributed by atoms with Gasteiger partial charge in [-0.05, 0) is 23.8 Å². The molecule has 102 valence electrons. The van der Waals surface area contributed by atoms with Crippen LogP contribution in [0.25, 0.3) is 0 Å². The quantitative estimate of drug-likeness (QED) is 0.782. The molecule has 0 unspecified atom stereocenters. The van der Waals surface area contributed by atoms with Gasteiger partial charge in [0.05, 0.1) is 19.3 Å². The van der Waals surface area contributed by atoms with Crippen molar-refractivity contribution in [3.8, 4) is 0 Å². The van der Waals surface area contributed by atoms with Crippen LogP contribution < -0.4 is 5.32 Å². The fourth-order valence-corrected chi connectivity index (χ4v) is 2.75. The van der Waals surface area contributed by atoms with Crippen molar-refractivity contribution >= 4 is 28.6 Å². The van der Waals surface area contributed by atoms with E-state index in [1.54, 1.807) is 12.4 Å². The normalized spacial score (nSPS) is 10.7. The van der Waals surface area contributed by atoms with Crippen LogP contribution in [-0.4, -0.2) is 14.8 Å². The first-order valence-corrected chi connectivity index (χ1v) is 7.39. The average molecular weight is 305 g/mol. The van der Waals surface area contributed by atoms with Crippen LogP contribution in [0.3, 0.4) is 0 Å². The highest BCUT2D eigenvalue weighted by Crippen LogP contribution is 2.19. The van der Waals surface area contributed by atoms with E-state index in [-0.39, 0.29) is 0 Å². The third-order valence-corrected chi connectivity index (χ3v) is 3.94. The zero-order chi connectivity index (χ0) is 13.8. The van der Waals surface area contributed by atoms with Crippen LogP contribution in [0.1, 0.15) is 10.6 Å². The predicted molar refractivity (Wildman–Crippen MR) is 82.2 cm³/mol. The second-order valence-corrected chi connectivity index (χ2v) is 6.06. The molecular weight excluding hydrogens is 292 g/mol. The van der Waals surface area contributed by atoms with E-state index >= 15 is 0 Å². The highest BCUT2D eigenvalue weighted by molar-refractivity contribution is 7.15. The number of rotatable bonds is 5. The van der Waals surface area contributed by atoms with E-state index in [4.69, 9.17) is 11.6 Å². The van der Waals surface area contributed by atoms with Crippen LogP contribution in [-0.2, 0) is 13.1 Å². The Kier molecular flexibility index (Phi) is 3.99. The largest absolute Gasteiger partial charge is 0.379 e. The summed E-state index contributed by atoms with van der Waals surface area (Å²) in [5.41, 5.74) is 2.29. The van der Waals surface area contributed by atoms with Crippen molar-refractivity contribution in [2.45, 2.75) is 13.1 Å². The molecule has 6 heteroatoms. The Hall–Kier alpha value is -1.85. The Morgan fingerprint density at radius 2 is 2.10 bits per heavy atom. The molecule has 3 aromatic rings. The number of anilines is 1. The van der Waals surface area contributed by atoms with Crippen LogP contribution in [0.15, 0.2) is 48.9 Å². The molecule has 0 saturated carbocycles. The summed E-state index contributed by atoms with van der Waals surface area (Å²) in [4.78, 5) is 4.21. The van der Waals surface area contributed by atoms with Gasteiger partial charge in [-0.15, -0.1) is 11.3 Å². The molecule has 0 spiro atoms. The summed E-state index contributed by atoms with van der Waals surface area (Å²) in [7, 11) is 0. The molecule has 0 radical (unpaired) electrons. The third kappa shape index (κ3) is 3.37. The van der Waals surface area contributed by atoms with Gasteiger partial charge in [0.25, 0.3) is 0 Å². The number of thiazole rings is 1. The lowest BCUT2D eigenvalue weighted by Crippen LogP contribution is -2.01. The second kappa shape index (κ2) is 6.07.